The molecule has 0 saturated heterocycles. The summed E-state index contributed by atoms with van der Waals surface area (Å²) in [5.41, 5.74) is 6.48. The molecule has 0 saturated carbocycles. The molecule has 1 aromatic rings. The lowest BCUT2D eigenvalue weighted by Gasteiger charge is -2.08. The largest absolute Gasteiger partial charge is 0.399 e. The highest BCUT2D eigenvalue weighted by Gasteiger charge is 2.20. The first kappa shape index (κ1) is 14.0. The van der Waals surface area contributed by atoms with E-state index in [-0.39, 0.29) is 11.4 Å². The molecule has 1 aromatic carbocycles. The van der Waals surface area contributed by atoms with Crippen LogP contribution in [0.15, 0.2) is 23.1 Å². The number of hydrogen-bond donors (Lipinski definition) is 2. The summed E-state index contributed by atoms with van der Waals surface area (Å²) >= 11 is 0. The number of nitriles is 1. The van der Waals surface area contributed by atoms with Crippen LogP contribution in [-0.4, -0.2) is 26.6 Å². The molecule has 0 bridgehead atoms. The number of nitrogens with zero attached hydrogens (tertiary/aromatic N) is 1. The predicted octanol–water partition coefficient (Wildman–Crippen LogP) is -0.00930. The second-order valence-corrected chi connectivity index (χ2v) is 5.68. The molecular formula is C11H13N3O3S. The van der Waals surface area contributed by atoms with Crippen molar-refractivity contribution in [1.82, 2.24) is 5.32 Å². The summed E-state index contributed by atoms with van der Waals surface area (Å²) in [5.74, 6) is -1.38. The first-order chi connectivity index (χ1) is 8.36. The number of rotatable bonds is 4. The van der Waals surface area contributed by atoms with Gasteiger partial charge in [0.15, 0.2) is 9.84 Å². The van der Waals surface area contributed by atoms with E-state index in [1.807, 2.05) is 0 Å². The van der Waals surface area contributed by atoms with Crippen molar-refractivity contribution in [3.63, 3.8) is 0 Å². The van der Waals surface area contributed by atoms with Crippen molar-refractivity contribution in [2.75, 3.05) is 18.0 Å². The molecule has 96 valence electrons. The van der Waals surface area contributed by atoms with Crippen LogP contribution in [0.1, 0.15) is 5.56 Å². The van der Waals surface area contributed by atoms with E-state index in [9.17, 15) is 13.2 Å². The van der Waals surface area contributed by atoms with Crippen molar-refractivity contribution in [1.29, 1.82) is 5.26 Å². The third kappa shape index (κ3) is 3.46. The SMILES string of the molecule is Cc1cc(N)ccc1S(=O)(=O)CC(=O)NCC#N. The number of benzene rings is 1. The van der Waals surface area contributed by atoms with Crippen molar-refractivity contribution in [3.05, 3.63) is 23.8 Å². The highest BCUT2D eigenvalue weighted by molar-refractivity contribution is 7.92. The smallest absolute Gasteiger partial charge is 0.236 e. The zero-order valence-corrected chi connectivity index (χ0v) is 10.6. The van der Waals surface area contributed by atoms with Gasteiger partial charge in [0.1, 0.15) is 12.3 Å². The monoisotopic (exact) mass is 267 g/mol. The second kappa shape index (κ2) is 5.51. The average molecular weight is 267 g/mol. The summed E-state index contributed by atoms with van der Waals surface area (Å²) in [6, 6.07) is 6.07. The number of aryl methyl sites for hydroxylation is 1. The fourth-order valence-electron chi connectivity index (χ4n) is 1.46. The van der Waals surface area contributed by atoms with Crippen molar-refractivity contribution in [2.24, 2.45) is 0 Å². The molecule has 0 aliphatic rings. The highest BCUT2D eigenvalue weighted by Crippen LogP contribution is 2.19. The van der Waals surface area contributed by atoms with Crippen molar-refractivity contribution in [3.8, 4) is 6.07 Å². The summed E-state index contributed by atoms with van der Waals surface area (Å²) < 4.78 is 23.9. The topological polar surface area (TPSA) is 113 Å². The lowest BCUT2D eigenvalue weighted by Crippen LogP contribution is -2.30. The van der Waals surface area contributed by atoms with Crippen LogP contribution in [0, 0.1) is 18.3 Å². The third-order valence-corrected chi connectivity index (χ3v) is 3.99. The summed E-state index contributed by atoms with van der Waals surface area (Å²) in [4.78, 5) is 11.4. The number of sulfone groups is 1. The fourth-order valence-corrected chi connectivity index (χ4v) is 2.89. The summed E-state index contributed by atoms with van der Waals surface area (Å²) in [6.45, 7) is 1.39. The van der Waals surface area contributed by atoms with Crippen molar-refractivity contribution in [2.45, 2.75) is 11.8 Å². The molecular weight excluding hydrogens is 254 g/mol. The van der Waals surface area contributed by atoms with Gasteiger partial charge in [0.25, 0.3) is 0 Å². The lowest BCUT2D eigenvalue weighted by molar-refractivity contribution is -0.118. The molecule has 0 aliphatic carbocycles. The van der Waals surface area contributed by atoms with Gasteiger partial charge < -0.3 is 11.1 Å². The standard InChI is InChI=1S/C11H13N3O3S/c1-8-6-9(13)2-3-10(8)18(16,17)7-11(15)14-5-4-12/h2-3,6H,5,7,13H2,1H3,(H,14,15). The Morgan fingerprint density at radius 2 is 2.17 bits per heavy atom. The van der Waals surface area contributed by atoms with Gasteiger partial charge in [-0.1, -0.05) is 0 Å². The summed E-state index contributed by atoms with van der Waals surface area (Å²) in [5, 5.41) is 10.5. The van der Waals surface area contributed by atoms with E-state index in [0.717, 1.165) is 0 Å². The Bertz CT molecular complexity index is 602. The average Bonchev–Trinajstić information content (AvgIpc) is 2.25. The van der Waals surface area contributed by atoms with Crippen molar-refractivity contribution < 1.29 is 13.2 Å². The maximum Gasteiger partial charge on any atom is 0.236 e. The van der Waals surface area contributed by atoms with Crippen LogP contribution >= 0.6 is 0 Å². The molecule has 3 N–H and O–H groups in total. The number of nitrogen functional groups attached to an aromatic ring is 1. The van der Waals surface area contributed by atoms with E-state index < -0.39 is 21.5 Å². The molecule has 0 radical (unpaired) electrons. The Balaban J connectivity index is 2.94. The Hall–Kier alpha value is -2.07. The fraction of sp³-hybridized carbons (Fsp3) is 0.273. The molecule has 0 aliphatic heterocycles. The highest BCUT2D eigenvalue weighted by atomic mass is 32.2. The van der Waals surface area contributed by atoms with Gasteiger partial charge in [-0.2, -0.15) is 5.26 Å². The first-order valence-electron chi connectivity index (χ1n) is 5.09. The predicted molar refractivity (Wildman–Crippen MR) is 66.3 cm³/mol. The van der Waals surface area contributed by atoms with Gasteiger partial charge in [0.2, 0.25) is 5.91 Å². The van der Waals surface area contributed by atoms with E-state index in [1.54, 1.807) is 13.0 Å². The normalized spacial score (nSPS) is 10.7. The third-order valence-electron chi connectivity index (χ3n) is 2.22. The molecule has 0 atom stereocenters. The maximum absolute atomic E-state index is 12.0. The van der Waals surface area contributed by atoms with Gasteiger partial charge in [-0.15, -0.1) is 0 Å². The van der Waals surface area contributed by atoms with Gasteiger partial charge in [-0.25, -0.2) is 8.42 Å². The van der Waals surface area contributed by atoms with Gasteiger partial charge in [0, 0.05) is 5.69 Å². The molecule has 7 heteroatoms. The van der Waals surface area contributed by atoms with Crippen LogP contribution in [-0.2, 0) is 14.6 Å². The second-order valence-electron chi connectivity index (χ2n) is 3.72. The first-order valence-corrected chi connectivity index (χ1v) is 6.74. The summed E-state index contributed by atoms with van der Waals surface area (Å²) in [6.07, 6.45) is 0. The Morgan fingerprint density at radius 1 is 1.50 bits per heavy atom. The maximum atomic E-state index is 12.0. The number of anilines is 1. The number of carbonyl (C=O) groups is 1. The van der Waals surface area contributed by atoms with E-state index in [0.29, 0.717) is 11.3 Å². The van der Waals surface area contributed by atoms with Crippen molar-refractivity contribution >= 4 is 21.4 Å². The zero-order valence-electron chi connectivity index (χ0n) is 9.80. The van der Waals surface area contributed by atoms with E-state index in [2.05, 4.69) is 5.32 Å². The molecule has 1 amide bonds. The van der Waals surface area contributed by atoms with Gasteiger partial charge in [-0.05, 0) is 30.7 Å². The Kier molecular flexibility index (Phi) is 4.28. The van der Waals surface area contributed by atoms with Crippen LogP contribution in [0.5, 0.6) is 0 Å². The van der Waals surface area contributed by atoms with Crippen LogP contribution in [0.2, 0.25) is 0 Å². The minimum Gasteiger partial charge on any atom is -0.399 e. The molecule has 6 nitrogen and oxygen atoms in total. The van der Waals surface area contributed by atoms with Crippen LogP contribution in [0.3, 0.4) is 0 Å². The van der Waals surface area contributed by atoms with Crippen LogP contribution in [0.4, 0.5) is 5.69 Å². The van der Waals surface area contributed by atoms with Gasteiger partial charge in [-0.3, -0.25) is 4.79 Å². The summed E-state index contributed by atoms with van der Waals surface area (Å²) in [7, 11) is -3.71. The molecule has 0 spiro atoms. The minimum absolute atomic E-state index is 0.0730. The van der Waals surface area contributed by atoms with Crippen LogP contribution < -0.4 is 11.1 Å². The van der Waals surface area contributed by atoms with E-state index in [1.165, 1.54) is 18.2 Å². The number of carbonyl (C=O) groups excluding carboxylic acids is 1. The Labute approximate surface area is 105 Å². The zero-order chi connectivity index (χ0) is 13.8. The van der Waals surface area contributed by atoms with Gasteiger partial charge >= 0.3 is 0 Å². The number of nitrogens with two attached hydrogens (primary N) is 1. The Morgan fingerprint density at radius 3 is 2.72 bits per heavy atom. The van der Waals surface area contributed by atoms with E-state index >= 15 is 0 Å². The molecule has 1 rings (SSSR count). The van der Waals surface area contributed by atoms with Crippen LogP contribution in [0.25, 0.3) is 0 Å². The number of amides is 1. The molecule has 0 aromatic heterocycles. The van der Waals surface area contributed by atoms with E-state index in [4.69, 9.17) is 11.0 Å². The molecule has 0 fully saturated rings. The molecule has 18 heavy (non-hydrogen) atoms. The number of nitrogens with one attached hydrogen (secondary N) is 1. The number of hydrogen-bond acceptors (Lipinski definition) is 5. The minimum atomic E-state index is -3.71. The van der Waals surface area contributed by atoms with Gasteiger partial charge in [0.05, 0.1) is 11.0 Å². The molecule has 0 unspecified atom stereocenters. The lowest BCUT2D eigenvalue weighted by atomic mass is 10.2. The quantitative estimate of drug-likeness (QED) is 0.588. The molecule has 0 heterocycles.